The maximum absolute atomic E-state index is 11.2. The molecule has 1 aliphatic carbocycles. The highest BCUT2D eigenvalue weighted by Crippen LogP contribution is 2.49. The first-order valence-corrected chi connectivity index (χ1v) is 16.3. The van der Waals surface area contributed by atoms with Gasteiger partial charge in [-0.1, -0.05) is 32.0 Å². The minimum absolute atomic E-state index is 0.220. The Morgan fingerprint density at radius 1 is 1.07 bits per heavy atom. The molecule has 1 saturated heterocycles. The van der Waals surface area contributed by atoms with E-state index in [9.17, 15) is 5.11 Å². The summed E-state index contributed by atoms with van der Waals surface area (Å²) in [6.45, 7) is 16.9. The number of likely N-dealkylation sites (N-methyl/N-ethyl adjacent to an activating group) is 1. The Balaban J connectivity index is 1.38. The van der Waals surface area contributed by atoms with E-state index in [0.717, 1.165) is 104 Å². The van der Waals surface area contributed by atoms with Crippen molar-refractivity contribution in [3.05, 3.63) is 47.4 Å². The van der Waals surface area contributed by atoms with E-state index in [4.69, 9.17) is 9.94 Å². The Bertz CT molecular complexity index is 1870. The number of H-pyrrole nitrogens is 1. The summed E-state index contributed by atoms with van der Waals surface area (Å²) in [5.74, 6) is 0.640. The van der Waals surface area contributed by atoms with Crippen LogP contribution in [0.25, 0.3) is 43.7 Å². The maximum atomic E-state index is 11.2. The van der Waals surface area contributed by atoms with Crippen LogP contribution in [0, 0.1) is 5.92 Å². The Morgan fingerprint density at radius 3 is 2.64 bits per heavy atom. The first-order chi connectivity index (χ1) is 21.3. The number of nitrogens with one attached hydrogen (secondary N) is 1. The summed E-state index contributed by atoms with van der Waals surface area (Å²) in [6.07, 6.45) is 6.96. The normalized spacial score (nSPS) is 16.5. The van der Waals surface area contributed by atoms with Crippen molar-refractivity contribution in [3.8, 4) is 17.0 Å². The number of aromatic amines is 1. The zero-order valence-electron chi connectivity index (χ0n) is 26.8. The average molecular weight is 596 g/mol. The van der Waals surface area contributed by atoms with E-state index in [1.165, 1.54) is 27.4 Å². The van der Waals surface area contributed by atoms with Gasteiger partial charge in [0, 0.05) is 85.0 Å². The molecular formula is C35H45N7O2. The summed E-state index contributed by atoms with van der Waals surface area (Å²) in [5, 5.41) is 24.8. The Labute approximate surface area is 259 Å². The van der Waals surface area contributed by atoms with Crippen molar-refractivity contribution in [2.24, 2.45) is 18.1 Å². The number of fused-ring (bicyclic) bond motifs is 10. The number of rotatable bonds is 9. The van der Waals surface area contributed by atoms with Crippen LogP contribution >= 0.6 is 0 Å². The summed E-state index contributed by atoms with van der Waals surface area (Å²) in [6, 6.07) is 6.70. The molecule has 44 heavy (non-hydrogen) atoms. The molecule has 3 aromatic heterocycles. The van der Waals surface area contributed by atoms with Crippen LogP contribution in [-0.2, 0) is 31.3 Å². The summed E-state index contributed by atoms with van der Waals surface area (Å²) >= 11 is 0. The summed E-state index contributed by atoms with van der Waals surface area (Å²) in [4.78, 5) is 14.0. The summed E-state index contributed by atoms with van der Waals surface area (Å²) in [5.41, 5.74) is 9.10. The smallest absolute Gasteiger partial charge is 0.197 e. The van der Waals surface area contributed by atoms with Crippen LogP contribution in [0.2, 0.25) is 0 Å². The van der Waals surface area contributed by atoms with Crippen LogP contribution in [-0.4, -0.2) is 85.8 Å². The van der Waals surface area contributed by atoms with Gasteiger partial charge in [-0.2, -0.15) is 5.10 Å². The van der Waals surface area contributed by atoms with Crippen molar-refractivity contribution < 1.29 is 9.94 Å². The quantitative estimate of drug-likeness (QED) is 0.164. The van der Waals surface area contributed by atoms with Gasteiger partial charge in [-0.05, 0) is 68.5 Å². The fourth-order valence-electron chi connectivity index (χ4n) is 7.36. The van der Waals surface area contributed by atoms with Gasteiger partial charge in [0.15, 0.2) is 5.88 Å². The molecule has 0 saturated carbocycles. The highest BCUT2D eigenvalue weighted by Gasteiger charge is 2.30. The SMILES string of the molecule is CCN1CCN(CCCn2c3ccc(C(C)=NOCC(C)C)cc3c3c4c[nH]c(O)c4c4c(c32)CCc2nn(C)cc2-4)CC1. The molecule has 232 valence electrons. The van der Waals surface area contributed by atoms with E-state index >= 15 is 0 Å². The Kier molecular flexibility index (Phi) is 7.62. The molecule has 2 N–H and O–H groups in total. The van der Waals surface area contributed by atoms with Crippen LogP contribution in [0.4, 0.5) is 0 Å². The van der Waals surface area contributed by atoms with Crippen LogP contribution in [0.5, 0.6) is 5.88 Å². The second kappa shape index (κ2) is 11.6. The molecule has 1 fully saturated rings. The van der Waals surface area contributed by atoms with Crippen molar-refractivity contribution in [2.75, 3.05) is 45.9 Å². The maximum Gasteiger partial charge on any atom is 0.197 e. The van der Waals surface area contributed by atoms with E-state index in [0.29, 0.717) is 12.5 Å². The van der Waals surface area contributed by atoms with Gasteiger partial charge in [0.05, 0.1) is 22.3 Å². The molecule has 0 amide bonds. The van der Waals surface area contributed by atoms with E-state index in [-0.39, 0.29) is 5.88 Å². The highest BCUT2D eigenvalue weighted by molar-refractivity contribution is 6.27. The van der Waals surface area contributed by atoms with Gasteiger partial charge in [-0.3, -0.25) is 4.68 Å². The van der Waals surface area contributed by atoms with Crippen molar-refractivity contribution in [1.82, 2.24) is 29.1 Å². The monoisotopic (exact) mass is 595 g/mol. The predicted octanol–water partition coefficient (Wildman–Crippen LogP) is 5.90. The molecule has 0 spiro atoms. The van der Waals surface area contributed by atoms with Crippen LogP contribution in [0.15, 0.2) is 35.7 Å². The van der Waals surface area contributed by atoms with Gasteiger partial charge >= 0.3 is 0 Å². The van der Waals surface area contributed by atoms with Crippen molar-refractivity contribution in [3.63, 3.8) is 0 Å². The number of piperazine rings is 1. The lowest BCUT2D eigenvalue weighted by molar-refractivity contribution is 0.118. The third kappa shape index (κ3) is 4.96. The van der Waals surface area contributed by atoms with Crippen LogP contribution in [0.1, 0.15) is 50.9 Å². The number of hydrogen-bond donors (Lipinski definition) is 2. The minimum atomic E-state index is 0.220. The van der Waals surface area contributed by atoms with Gasteiger partial charge in [0.1, 0.15) is 6.61 Å². The average Bonchev–Trinajstić information content (AvgIpc) is 3.69. The third-order valence-electron chi connectivity index (χ3n) is 9.61. The number of hydrogen-bond acceptors (Lipinski definition) is 6. The lowest BCUT2D eigenvalue weighted by Crippen LogP contribution is -2.46. The number of nitrogens with zero attached hydrogens (tertiary/aromatic N) is 6. The summed E-state index contributed by atoms with van der Waals surface area (Å²) < 4.78 is 4.46. The van der Waals surface area contributed by atoms with E-state index in [1.807, 2.05) is 24.9 Å². The van der Waals surface area contributed by atoms with Crippen molar-refractivity contribution in [1.29, 1.82) is 0 Å². The van der Waals surface area contributed by atoms with Gasteiger partial charge in [-0.25, -0.2) is 0 Å². The van der Waals surface area contributed by atoms with E-state index < -0.39 is 0 Å². The fourth-order valence-corrected chi connectivity index (χ4v) is 7.36. The molecule has 9 nitrogen and oxygen atoms in total. The van der Waals surface area contributed by atoms with E-state index in [2.05, 4.69) is 69.7 Å². The Morgan fingerprint density at radius 2 is 1.86 bits per heavy atom. The highest BCUT2D eigenvalue weighted by atomic mass is 16.6. The van der Waals surface area contributed by atoms with Crippen molar-refractivity contribution in [2.45, 2.75) is 53.5 Å². The van der Waals surface area contributed by atoms with Gasteiger partial charge in [0.2, 0.25) is 0 Å². The standard InChI is InChI=1S/C35H45N7O2/c1-6-40-14-16-41(17-15-40)12-7-13-42-30-11-8-24(23(4)38-44-21-22(2)3)18-26(30)32-27-19-36-35(43)33(27)31-25(34(32)42)9-10-29-28(31)20-39(5)37-29/h8,11,18-20,22,36,43H,6-7,9-10,12-17,21H2,1-5H3. The van der Waals surface area contributed by atoms with E-state index in [1.54, 1.807) is 0 Å². The summed E-state index contributed by atoms with van der Waals surface area (Å²) in [7, 11) is 1.98. The molecule has 4 heterocycles. The zero-order valence-corrected chi connectivity index (χ0v) is 26.8. The first-order valence-electron chi connectivity index (χ1n) is 16.3. The topological polar surface area (TPSA) is 86.8 Å². The largest absolute Gasteiger partial charge is 0.494 e. The molecule has 0 radical (unpaired) electrons. The number of aromatic nitrogens is 4. The number of aryl methyl sites for hydroxylation is 4. The number of benzene rings is 2. The molecule has 5 aromatic rings. The van der Waals surface area contributed by atoms with Gasteiger partial charge in [-0.15, -0.1) is 0 Å². The van der Waals surface area contributed by atoms with Gasteiger partial charge < -0.3 is 29.3 Å². The van der Waals surface area contributed by atoms with Gasteiger partial charge in [0.25, 0.3) is 0 Å². The number of oxime groups is 1. The minimum Gasteiger partial charge on any atom is -0.494 e. The predicted molar refractivity (Wildman–Crippen MR) is 179 cm³/mol. The second-order valence-corrected chi connectivity index (χ2v) is 13.0. The molecule has 0 bridgehead atoms. The molecule has 1 aliphatic heterocycles. The third-order valence-corrected chi connectivity index (χ3v) is 9.61. The molecular weight excluding hydrogens is 550 g/mol. The molecule has 2 aliphatic rings. The second-order valence-electron chi connectivity index (χ2n) is 13.0. The van der Waals surface area contributed by atoms with Crippen molar-refractivity contribution >= 4 is 38.3 Å². The molecule has 2 aromatic carbocycles. The lowest BCUT2D eigenvalue weighted by Gasteiger charge is -2.34. The molecule has 7 rings (SSSR count). The van der Waals surface area contributed by atoms with Crippen LogP contribution < -0.4 is 0 Å². The zero-order chi connectivity index (χ0) is 30.5. The van der Waals surface area contributed by atoms with Crippen LogP contribution in [0.3, 0.4) is 0 Å². The fraction of sp³-hybridized carbons (Fsp3) is 0.486. The molecule has 9 heteroatoms. The first kappa shape index (κ1) is 28.9. The lowest BCUT2D eigenvalue weighted by atomic mass is 9.85. The number of aromatic hydroxyl groups is 1. The molecule has 0 unspecified atom stereocenters. The Hall–Kier alpha value is -3.82. The molecule has 0 atom stereocenters.